The van der Waals surface area contributed by atoms with E-state index in [1.165, 1.54) is 0 Å². The zero-order valence-corrected chi connectivity index (χ0v) is 13.5. The van der Waals surface area contributed by atoms with Crippen LogP contribution in [-0.4, -0.2) is 22.0 Å². The van der Waals surface area contributed by atoms with Gasteiger partial charge in [0.15, 0.2) is 0 Å². The van der Waals surface area contributed by atoms with Gasteiger partial charge in [0.2, 0.25) is 5.88 Å². The van der Waals surface area contributed by atoms with Crippen LogP contribution in [0.4, 0.5) is 5.82 Å². The molecule has 2 heterocycles. The van der Waals surface area contributed by atoms with Crippen molar-refractivity contribution < 1.29 is 4.74 Å². The molecule has 2 rings (SSSR count). The molecule has 2 aromatic heterocycles. The minimum Gasteiger partial charge on any atom is -0.437 e. The Kier molecular flexibility index (Phi) is 4.23. The number of hydrogen-bond acceptors (Lipinski definition) is 5. The first-order valence-electron chi connectivity index (χ1n) is 6.24. The Labute approximate surface area is 127 Å². The number of hydrogen-bond donors (Lipinski definition) is 1. The summed E-state index contributed by atoms with van der Waals surface area (Å²) < 4.78 is 6.61. The maximum absolute atomic E-state index is 5.75. The topological polar surface area (TPSA) is 59.9 Å². The molecular formula is C14H17BrN4O. The Balaban J connectivity index is 2.36. The van der Waals surface area contributed by atoms with Crippen LogP contribution in [-0.2, 0) is 5.41 Å². The van der Waals surface area contributed by atoms with E-state index in [2.05, 4.69) is 57.0 Å². The Morgan fingerprint density at radius 2 is 1.90 bits per heavy atom. The lowest BCUT2D eigenvalue weighted by Crippen LogP contribution is -2.17. The summed E-state index contributed by atoms with van der Waals surface area (Å²) in [6, 6.07) is 3.60. The van der Waals surface area contributed by atoms with Crippen molar-refractivity contribution >= 4 is 21.7 Å². The first-order valence-corrected chi connectivity index (χ1v) is 7.03. The molecule has 0 amide bonds. The summed E-state index contributed by atoms with van der Waals surface area (Å²) in [5.41, 5.74) is -0.152. The van der Waals surface area contributed by atoms with Gasteiger partial charge in [-0.15, -0.1) is 0 Å². The number of rotatable bonds is 3. The van der Waals surface area contributed by atoms with Crippen molar-refractivity contribution in [2.24, 2.45) is 0 Å². The highest BCUT2D eigenvalue weighted by atomic mass is 79.9. The highest BCUT2D eigenvalue weighted by molar-refractivity contribution is 9.10. The van der Waals surface area contributed by atoms with E-state index >= 15 is 0 Å². The van der Waals surface area contributed by atoms with Gasteiger partial charge in [-0.25, -0.2) is 4.98 Å². The molecule has 0 fully saturated rings. The van der Waals surface area contributed by atoms with Crippen LogP contribution in [0.15, 0.2) is 29.0 Å². The molecule has 2 aromatic rings. The van der Waals surface area contributed by atoms with Gasteiger partial charge < -0.3 is 10.1 Å². The Bertz CT molecular complexity index is 610. The van der Waals surface area contributed by atoms with Crippen LogP contribution in [0, 0.1) is 0 Å². The molecule has 0 aliphatic carbocycles. The molecule has 20 heavy (non-hydrogen) atoms. The predicted molar refractivity (Wildman–Crippen MR) is 82.3 cm³/mol. The number of anilines is 1. The minimum absolute atomic E-state index is 0.152. The van der Waals surface area contributed by atoms with Crippen molar-refractivity contribution in [2.75, 3.05) is 12.4 Å². The third-order valence-electron chi connectivity index (χ3n) is 2.53. The number of halogens is 1. The van der Waals surface area contributed by atoms with Gasteiger partial charge in [0.05, 0.1) is 6.20 Å². The van der Waals surface area contributed by atoms with Crippen LogP contribution in [0.5, 0.6) is 11.6 Å². The normalized spacial score (nSPS) is 11.2. The van der Waals surface area contributed by atoms with Crippen molar-refractivity contribution in [1.82, 2.24) is 15.0 Å². The smallest absolute Gasteiger partial charge is 0.224 e. The van der Waals surface area contributed by atoms with Crippen LogP contribution in [0.25, 0.3) is 0 Å². The monoisotopic (exact) mass is 336 g/mol. The van der Waals surface area contributed by atoms with E-state index in [1.807, 2.05) is 13.1 Å². The molecule has 0 radical (unpaired) electrons. The highest BCUT2D eigenvalue weighted by Gasteiger charge is 2.19. The first kappa shape index (κ1) is 14.7. The van der Waals surface area contributed by atoms with Crippen LogP contribution in [0.2, 0.25) is 0 Å². The molecule has 0 saturated carbocycles. The lowest BCUT2D eigenvalue weighted by atomic mass is 9.96. The van der Waals surface area contributed by atoms with Gasteiger partial charge in [0.1, 0.15) is 17.4 Å². The van der Waals surface area contributed by atoms with Gasteiger partial charge in [-0.05, 0) is 22.0 Å². The molecular weight excluding hydrogens is 320 g/mol. The zero-order valence-electron chi connectivity index (χ0n) is 11.9. The third-order valence-corrected chi connectivity index (χ3v) is 2.97. The maximum Gasteiger partial charge on any atom is 0.224 e. The van der Waals surface area contributed by atoms with E-state index in [0.29, 0.717) is 11.6 Å². The van der Waals surface area contributed by atoms with E-state index in [0.717, 1.165) is 16.1 Å². The number of nitrogens with one attached hydrogen (secondary N) is 1. The number of nitrogens with zero attached hydrogens (tertiary/aromatic N) is 3. The summed E-state index contributed by atoms with van der Waals surface area (Å²) in [6.45, 7) is 6.19. The summed E-state index contributed by atoms with van der Waals surface area (Å²) in [7, 11) is 1.82. The second kappa shape index (κ2) is 5.75. The number of ether oxygens (including phenoxy) is 1. The molecule has 1 N–H and O–H groups in total. The summed E-state index contributed by atoms with van der Waals surface area (Å²) in [4.78, 5) is 13.0. The predicted octanol–water partition coefficient (Wildman–Crippen LogP) is 3.77. The minimum atomic E-state index is -0.152. The SMILES string of the molecule is CNc1cc(Oc2cncc(Br)c2)nc(C(C)(C)C)n1. The summed E-state index contributed by atoms with van der Waals surface area (Å²) >= 11 is 3.36. The van der Waals surface area contributed by atoms with Crippen LogP contribution in [0.1, 0.15) is 26.6 Å². The van der Waals surface area contributed by atoms with E-state index < -0.39 is 0 Å². The molecule has 6 heteroatoms. The quantitative estimate of drug-likeness (QED) is 0.924. The standard InChI is InChI=1S/C14H17BrN4O/c1-14(2,3)13-18-11(16-4)6-12(19-13)20-10-5-9(15)7-17-8-10/h5-8H,1-4H3,(H,16,18,19). The maximum atomic E-state index is 5.75. The molecule has 0 unspecified atom stereocenters. The lowest BCUT2D eigenvalue weighted by Gasteiger charge is -2.18. The molecule has 0 atom stereocenters. The second-order valence-electron chi connectivity index (χ2n) is 5.36. The largest absolute Gasteiger partial charge is 0.437 e. The van der Waals surface area contributed by atoms with Gasteiger partial charge in [0, 0.05) is 29.2 Å². The van der Waals surface area contributed by atoms with Crippen molar-refractivity contribution in [3.05, 3.63) is 34.8 Å². The molecule has 0 bridgehead atoms. The summed E-state index contributed by atoms with van der Waals surface area (Å²) in [6.07, 6.45) is 3.34. The molecule has 0 saturated heterocycles. The van der Waals surface area contributed by atoms with E-state index in [1.54, 1.807) is 18.5 Å². The summed E-state index contributed by atoms with van der Waals surface area (Å²) in [5.74, 6) is 2.57. The van der Waals surface area contributed by atoms with Crippen LogP contribution in [0.3, 0.4) is 0 Å². The van der Waals surface area contributed by atoms with Gasteiger partial charge in [0.25, 0.3) is 0 Å². The number of pyridine rings is 1. The van der Waals surface area contributed by atoms with Gasteiger partial charge in [-0.1, -0.05) is 20.8 Å². The molecule has 5 nitrogen and oxygen atoms in total. The van der Waals surface area contributed by atoms with Gasteiger partial charge in [-0.3, -0.25) is 4.98 Å². The van der Waals surface area contributed by atoms with Crippen molar-refractivity contribution in [3.63, 3.8) is 0 Å². The lowest BCUT2D eigenvalue weighted by molar-refractivity contribution is 0.444. The van der Waals surface area contributed by atoms with E-state index in [-0.39, 0.29) is 5.41 Å². The molecule has 0 spiro atoms. The average Bonchev–Trinajstić information content (AvgIpc) is 2.37. The Morgan fingerprint density at radius 1 is 1.15 bits per heavy atom. The molecule has 0 aliphatic heterocycles. The fourth-order valence-corrected chi connectivity index (χ4v) is 1.85. The Morgan fingerprint density at radius 3 is 2.50 bits per heavy atom. The molecule has 106 valence electrons. The van der Waals surface area contributed by atoms with Crippen LogP contribution >= 0.6 is 15.9 Å². The number of aromatic nitrogens is 3. The van der Waals surface area contributed by atoms with E-state index in [4.69, 9.17) is 4.74 Å². The van der Waals surface area contributed by atoms with Crippen molar-refractivity contribution in [1.29, 1.82) is 0 Å². The van der Waals surface area contributed by atoms with Gasteiger partial charge in [-0.2, -0.15) is 4.98 Å². The van der Waals surface area contributed by atoms with Crippen LogP contribution < -0.4 is 10.1 Å². The van der Waals surface area contributed by atoms with Crippen molar-refractivity contribution in [2.45, 2.75) is 26.2 Å². The fourth-order valence-electron chi connectivity index (χ4n) is 1.51. The summed E-state index contributed by atoms with van der Waals surface area (Å²) in [5, 5.41) is 3.02. The molecule has 0 aromatic carbocycles. The fraction of sp³-hybridized carbons (Fsp3) is 0.357. The first-order chi connectivity index (χ1) is 9.38. The average molecular weight is 337 g/mol. The zero-order chi connectivity index (χ0) is 14.8. The highest BCUT2D eigenvalue weighted by Crippen LogP contribution is 2.27. The second-order valence-corrected chi connectivity index (χ2v) is 6.27. The van der Waals surface area contributed by atoms with Crippen molar-refractivity contribution in [3.8, 4) is 11.6 Å². The van der Waals surface area contributed by atoms with Gasteiger partial charge >= 0.3 is 0 Å². The molecule has 0 aliphatic rings. The Hall–Kier alpha value is -1.69. The van der Waals surface area contributed by atoms with E-state index in [9.17, 15) is 0 Å². The third kappa shape index (κ3) is 3.66.